The van der Waals surface area contributed by atoms with Crippen LogP contribution in [0.5, 0.6) is 5.75 Å². The lowest BCUT2D eigenvalue weighted by molar-refractivity contribution is -0.118. The Morgan fingerprint density at radius 1 is 1.15 bits per heavy atom. The first-order chi connectivity index (χ1) is 13.0. The first-order valence-corrected chi connectivity index (χ1v) is 9.59. The highest BCUT2D eigenvalue weighted by atomic mass is 16.5. The van der Waals surface area contributed by atoms with Gasteiger partial charge in [0, 0.05) is 16.7 Å². The summed E-state index contributed by atoms with van der Waals surface area (Å²) in [6.45, 7) is 7.55. The SMILES string of the molecule is CCCOc1ccccc1/C=C/[C@]12NC(=O)CN1c1ccccc1C2(C)C. The lowest BCUT2D eigenvalue weighted by Crippen LogP contribution is -2.58. The monoisotopic (exact) mass is 362 g/mol. The van der Waals surface area contributed by atoms with E-state index in [-0.39, 0.29) is 11.3 Å². The molecule has 0 aliphatic carbocycles. The molecule has 1 fully saturated rings. The number of ether oxygens (including phenoxy) is 1. The highest BCUT2D eigenvalue weighted by Crippen LogP contribution is 2.52. The van der Waals surface area contributed by atoms with Crippen molar-refractivity contribution in [3.8, 4) is 5.75 Å². The maximum Gasteiger partial charge on any atom is 0.241 e. The summed E-state index contributed by atoms with van der Waals surface area (Å²) >= 11 is 0. The number of carbonyl (C=O) groups excluding carboxylic acids is 1. The van der Waals surface area contributed by atoms with Crippen molar-refractivity contribution in [1.29, 1.82) is 0 Å². The predicted molar refractivity (Wildman–Crippen MR) is 109 cm³/mol. The molecule has 1 N–H and O–H groups in total. The van der Waals surface area contributed by atoms with E-state index in [0.717, 1.165) is 23.4 Å². The summed E-state index contributed by atoms with van der Waals surface area (Å²) in [5.41, 5.74) is 2.57. The zero-order chi connectivity index (χ0) is 19.1. The summed E-state index contributed by atoms with van der Waals surface area (Å²) < 4.78 is 5.89. The van der Waals surface area contributed by atoms with E-state index in [9.17, 15) is 4.79 Å². The average molecular weight is 362 g/mol. The summed E-state index contributed by atoms with van der Waals surface area (Å²) in [6, 6.07) is 16.4. The van der Waals surface area contributed by atoms with E-state index in [4.69, 9.17) is 4.74 Å². The maximum absolute atomic E-state index is 12.4. The standard InChI is InChI=1S/C23H26N2O2/c1-4-15-27-20-12-8-5-9-17(20)13-14-23-22(2,3)18-10-6-7-11-19(18)25(23)16-21(26)24-23/h5-14H,4,15-16H2,1-3H3,(H,24,26)/b14-13+/t23-/m0/s1. The number of hydrogen-bond acceptors (Lipinski definition) is 3. The minimum absolute atomic E-state index is 0.0535. The predicted octanol–water partition coefficient (Wildman–Crippen LogP) is 4.11. The van der Waals surface area contributed by atoms with Crippen LogP contribution in [-0.4, -0.2) is 24.7 Å². The van der Waals surface area contributed by atoms with Gasteiger partial charge in [-0.25, -0.2) is 0 Å². The minimum atomic E-state index is -0.578. The van der Waals surface area contributed by atoms with Gasteiger partial charge in [-0.15, -0.1) is 0 Å². The fraction of sp³-hybridized carbons (Fsp3) is 0.348. The van der Waals surface area contributed by atoms with Crippen molar-refractivity contribution >= 4 is 17.7 Å². The van der Waals surface area contributed by atoms with Crippen LogP contribution in [0.2, 0.25) is 0 Å². The second kappa shape index (κ2) is 6.45. The molecule has 4 heteroatoms. The summed E-state index contributed by atoms with van der Waals surface area (Å²) in [5.74, 6) is 0.925. The van der Waals surface area contributed by atoms with E-state index >= 15 is 0 Å². The summed E-state index contributed by atoms with van der Waals surface area (Å²) in [4.78, 5) is 14.6. The fourth-order valence-corrected chi connectivity index (χ4v) is 4.31. The van der Waals surface area contributed by atoms with Crippen molar-refractivity contribution in [3.05, 3.63) is 65.7 Å². The van der Waals surface area contributed by atoms with E-state index in [2.05, 4.69) is 61.3 Å². The van der Waals surface area contributed by atoms with Crippen LogP contribution in [-0.2, 0) is 10.2 Å². The number of carbonyl (C=O) groups is 1. The number of amides is 1. The van der Waals surface area contributed by atoms with E-state index in [1.807, 2.05) is 30.3 Å². The lowest BCUT2D eigenvalue weighted by atomic mass is 9.75. The molecule has 0 bridgehead atoms. The highest BCUT2D eigenvalue weighted by Gasteiger charge is 2.59. The second-order valence-electron chi connectivity index (χ2n) is 7.76. The molecule has 1 atom stereocenters. The molecule has 4 rings (SSSR count). The Labute approximate surface area is 160 Å². The van der Waals surface area contributed by atoms with Crippen LogP contribution in [0.3, 0.4) is 0 Å². The Kier molecular flexibility index (Phi) is 4.22. The third-order valence-corrected chi connectivity index (χ3v) is 5.76. The Bertz CT molecular complexity index is 903. The Morgan fingerprint density at radius 3 is 2.70 bits per heavy atom. The van der Waals surface area contributed by atoms with Crippen LogP contribution >= 0.6 is 0 Å². The van der Waals surface area contributed by atoms with Gasteiger partial charge in [0.2, 0.25) is 5.91 Å². The first kappa shape index (κ1) is 17.7. The number of hydrogen-bond donors (Lipinski definition) is 1. The van der Waals surface area contributed by atoms with Crippen LogP contribution in [0.25, 0.3) is 6.08 Å². The molecule has 2 aromatic rings. The van der Waals surface area contributed by atoms with E-state index in [1.165, 1.54) is 5.56 Å². The molecule has 1 amide bonds. The largest absolute Gasteiger partial charge is 0.493 e. The normalized spacial score (nSPS) is 22.6. The van der Waals surface area contributed by atoms with Crippen molar-refractivity contribution in [2.75, 3.05) is 18.1 Å². The fourth-order valence-electron chi connectivity index (χ4n) is 4.31. The average Bonchev–Trinajstić information content (AvgIpc) is 3.10. The quantitative estimate of drug-likeness (QED) is 0.870. The van der Waals surface area contributed by atoms with Gasteiger partial charge >= 0.3 is 0 Å². The molecule has 0 aromatic heterocycles. The minimum Gasteiger partial charge on any atom is -0.493 e. The third kappa shape index (κ3) is 2.62. The van der Waals surface area contributed by atoms with Gasteiger partial charge in [0.05, 0.1) is 13.2 Å². The Hall–Kier alpha value is -2.75. The van der Waals surface area contributed by atoms with Crippen molar-refractivity contribution in [1.82, 2.24) is 5.32 Å². The number of nitrogens with one attached hydrogen (secondary N) is 1. The summed E-state index contributed by atoms with van der Waals surface area (Å²) in [6.07, 6.45) is 5.18. The van der Waals surface area contributed by atoms with Crippen LogP contribution in [0, 0.1) is 0 Å². The molecule has 0 radical (unpaired) electrons. The molecule has 2 aliphatic heterocycles. The molecule has 140 valence electrons. The molecule has 27 heavy (non-hydrogen) atoms. The number of rotatable bonds is 5. The van der Waals surface area contributed by atoms with Gasteiger partial charge in [-0.2, -0.15) is 0 Å². The van der Waals surface area contributed by atoms with Crippen molar-refractivity contribution in [2.24, 2.45) is 0 Å². The van der Waals surface area contributed by atoms with Crippen molar-refractivity contribution in [2.45, 2.75) is 38.3 Å². The van der Waals surface area contributed by atoms with Crippen molar-refractivity contribution < 1.29 is 9.53 Å². The van der Waals surface area contributed by atoms with Gasteiger partial charge in [0.1, 0.15) is 11.4 Å². The topological polar surface area (TPSA) is 41.6 Å². The molecule has 2 aromatic carbocycles. The molecular formula is C23H26N2O2. The van der Waals surface area contributed by atoms with Crippen LogP contribution in [0.1, 0.15) is 38.3 Å². The van der Waals surface area contributed by atoms with E-state index in [1.54, 1.807) is 0 Å². The summed E-state index contributed by atoms with van der Waals surface area (Å²) in [5, 5.41) is 3.26. The number of nitrogens with zero attached hydrogens (tertiary/aromatic N) is 1. The van der Waals surface area contributed by atoms with Gasteiger partial charge < -0.3 is 15.0 Å². The maximum atomic E-state index is 12.4. The molecule has 2 heterocycles. The number of anilines is 1. The Morgan fingerprint density at radius 2 is 1.89 bits per heavy atom. The molecule has 0 unspecified atom stereocenters. The molecule has 2 aliphatic rings. The molecule has 4 nitrogen and oxygen atoms in total. The number of para-hydroxylation sites is 2. The second-order valence-corrected chi connectivity index (χ2v) is 7.76. The zero-order valence-electron chi connectivity index (χ0n) is 16.2. The van der Waals surface area contributed by atoms with Crippen LogP contribution < -0.4 is 15.0 Å². The van der Waals surface area contributed by atoms with Gasteiger partial charge in [-0.1, -0.05) is 63.2 Å². The number of benzene rings is 2. The van der Waals surface area contributed by atoms with Crippen LogP contribution in [0.4, 0.5) is 5.69 Å². The summed E-state index contributed by atoms with van der Waals surface area (Å²) in [7, 11) is 0. The molecular weight excluding hydrogens is 336 g/mol. The van der Waals surface area contributed by atoms with E-state index < -0.39 is 5.66 Å². The third-order valence-electron chi connectivity index (χ3n) is 5.76. The van der Waals surface area contributed by atoms with Gasteiger partial charge in [-0.05, 0) is 30.2 Å². The van der Waals surface area contributed by atoms with Crippen LogP contribution in [0.15, 0.2) is 54.6 Å². The van der Waals surface area contributed by atoms with Gasteiger partial charge in [0.25, 0.3) is 0 Å². The molecule has 0 saturated carbocycles. The van der Waals surface area contributed by atoms with E-state index in [0.29, 0.717) is 13.2 Å². The number of fused-ring (bicyclic) bond motifs is 3. The molecule has 1 saturated heterocycles. The van der Waals surface area contributed by atoms with Gasteiger partial charge in [-0.3, -0.25) is 4.79 Å². The Balaban J connectivity index is 1.77. The lowest BCUT2D eigenvalue weighted by Gasteiger charge is -2.40. The smallest absolute Gasteiger partial charge is 0.241 e. The van der Waals surface area contributed by atoms with Gasteiger partial charge in [0.15, 0.2) is 0 Å². The zero-order valence-corrected chi connectivity index (χ0v) is 16.2. The first-order valence-electron chi connectivity index (χ1n) is 9.59. The van der Waals surface area contributed by atoms with Crippen molar-refractivity contribution in [3.63, 3.8) is 0 Å². The highest BCUT2D eigenvalue weighted by molar-refractivity contribution is 5.91. The molecule has 0 spiro atoms.